The number of rotatable bonds is 3. The summed E-state index contributed by atoms with van der Waals surface area (Å²) in [5.41, 5.74) is 5.86. The Balaban J connectivity index is 1.96. The Morgan fingerprint density at radius 3 is 2.38 bits per heavy atom. The number of hydrogen-bond acceptors (Lipinski definition) is 4. The largest absolute Gasteiger partial charge is 0.381 e. The fourth-order valence-corrected chi connectivity index (χ4v) is 4.15. The van der Waals surface area contributed by atoms with Gasteiger partial charge in [0.2, 0.25) is 10.0 Å². The highest BCUT2D eigenvalue weighted by Gasteiger charge is 2.33. The van der Waals surface area contributed by atoms with Crippen molar-refractivity contribution in [2.75, 3.05) is 13.2 Å². The maximum Gasteiger partial charge on any atom is 0.214 e. The Morgan fingerprint density at radius 1 is 1.12 bits per heavy atom. The number of hydrogen-bond donors (Lipinski definition) is 2. The van der Waals surface area contributed by atoms with Gasteiger partial charge in [-0.25, -0.2) is 13.1 Å². The van der Waals surface area contributed by atoms with Crippen LogP contribution in [0.2, 0.25) is 0 Å². The van der Waals surface area contributed by atoms with Crippen molar-refractivity contribution in [3.05, 3.63) is 0 Å². The van der Waals surface area contributed by atoms with Gasteiger partial charge in [-0.15, -0.1) is 0 Å². The second kappa shape index (κ2) is 5.00. The van der Waals surface area contributed by atoms with Crippen LogP contribution in [0, 0.1) is 0 Å². The lowest BCUT2D eigenvalue weighted by atomic mass is 10.2. The molecule has 0 amide bonds. The highest BCUT2D eigenvalue weighted by Crippen LogP contribution is 2.21. The van der Waals surface area contributed by atoms with Crippen LogP contribution in [0.3, 0.4) is 0 Å². The van der Waals surface area contributed by atoms with E-state index >= 15 is 0 Å². The molecule has 0 aromatic heterocycles. The van der Waals surface area contributed by atoms with Gasteiger partial charge < -0.3 is 10.5 Å². The second-order valence-corrected chi connectivity index (χ2v) is 6.67. The molecule has 2 atom stereocenters. The minimum Gasteiger partial charge on any atom is -0.381 e. The summed E-state index contributed by atoms with van der Waals surface area (Å²) in [6.45, 7) is 1.09. The first-order chi connectivity index (χ1) is 7.59. The summed E-state index contributed by atoms with van der Waals surface area (Å²) in [5.74, 6) is 0. The number of sulfonamides is 1. The number of nitrogens with one attached hydrogen (secondary N) is 1. The van der Waals surface area contributed by atoms with Crippen LogP contribution in [-0.4, -0.2) is 39.0 Å². The van der Waals surface area contributed by atoms with Crippen molar-refractivity contribution in [3.8, 4) is 0 Å². The standard InChI is InChI=1S/C10H20N2O3S/c11-9-2-1-3-10(9)12-16(13,14)8-4-6-15-7-5-8/h8-10,12H,1-7,11H2. The maximum atomic E-state index is 12.1. The fraction of sp³-hybridized carbons (Fsp3) is 1.00. The molecule has 2 aliphatic rings. The van der Waals surface area contributed by atoms with Gasteiger partial charge in [0.25, 0.3) is 0 Å². The van der Waals surface area contributed by atoms with E-state index < -0.39 is 10.0 Å². The van der Waals surface area contributed by atoms with Gasteiger partial charge in [-0.3, -0.25) is 0 Å². The lowest BCUT2D eigenvalue weighted by molar-refractivity contribution is 0.0980. The zero-order valence-corrected chi connectivity index (χ0v) is 10.2. The Kier molecular flexibility index (Phi) is 3.84. The van der Waals surface area contributed by atoms with Crippen LogP contribution in [0.25, 0.3) is 0 Å². The van der Waals surface area contributed by atoms with E-state index in [1.165, 1.54) is 0 Å². The van der Waals surface area contributed by atoms with Gasteiger partial charge in [-0.1, -0.05) is 6.42 Å². The molecule has 2 rings (SSSR count). The molecule has 1 aliphatic carbocycles. The molecule has 94 valence electrons. The summed E-state index contributed by atoms with van der Waals surface area (Å²) < 4.78 is 32.1. The molecule has 1 aliphatic heterocycles. The van der Waals surface area contributed by atoms with E-state index in [1.807, 2.05) is 0 Å². The van der Waals surface area contributed by atoms with Crippen LogP contribution in [0.15, 0.2) is 0 Å². The molecule has 0 aromatic rings. The predicted molar refractivity (Wildman–Crippen MR) is 61.5 cm³/mol. The first-order valence-corrected chi connectivity index (χ1v) is 7.49. The molecule has 3 N–H and O–H groups in total. The van der Waals surface area contributed by atoms with Gasteiger partial charge in [-0.05, 0) is 25.7 Å². The lowest BCUT2D eigenvalue weighted by Gasteiger charge is -2.25. The summed E-state index contributed by atoms with van der Waals surface area (Å²) in [6.07, 6.45) is 3.99. The number of ether oxygens (including phenoxy) is 1. The Hall–Kier alpha value is -0.170. The van der Waals surface area contributed by atoms with Crippen LogP contribution in [0.5, 0.6) is 0 Å². The topological polar surface area (TPSA) is 81.4 Å². The van der Waals surface area contributed by atoms with Gasteiger partial charge in [0.05, 0.1) is 5.25 Å². The minimum absolute atomic E-state index is 0.0189. The van der Waals surface area contributed by atoms with E-state index in [-0.39, 0.29) is 17.3 Å². The Morgan fingerprint density at radius 2 is 1.81 bits per heavy atom. The van der Waals surface area contributed by atoms with Crippen molar-refractivity contribution in [2.24, 2.45) is 5.73 Å². The van der Waals surface area contributed by atoms with E-state index in [4.69, 9.17) is 10.5 Å². The maximum absolute atomic E-state index is 12.1. The zero-order valence-electron chi connectivity index (χ0n) is 9.39. The third-order valence-electron chi connectivity index (χ3n) is 3.49. The molecule has 1 saturated heterocycles. The lowest BCUT2D eigenvalue weighted by Crippen LogP contribution is -2.48. The molecule has 6 heteroatoms. The SMILES string of the molecule is NC1CCCC1NS(=O)(=O)C1CCOCC1. The molecule has 1 saturated carbocycles. The van der Waals surface area contributed by atoms with Crippen LogP contribution in [-0.2, 0) is 14.8 Å². The highest BCUT2D eigenvalue weighted by molar-refractivity contribution is 7.90. The normalized spacial score (nSPS) is 33.1. The van der Waals surface area contributed by atoms with Crippen molar-refractivity contribution in [3.63, 3.8) is 0 Å². The van der Waals surface area contributed by atoms with Gasteiger partial charge in [-0.2, -0.15) is 0 Å². The quantitative estimate of drug-likeness (QED) is 0.734. The molecule has 5 nitrogen and oxygen atoms in total. The average Bonchev–Trinajstić information content (AvgIpc) is 2.65. The molecule has 0 bridgehead atoms. The van der Waals surface area contributed by atoms with Crippen LogP contribution in [0.4, 0.5) is 0 Å². The second-order valence-electron chi connectivity index (χ2n) is 4.68. The first-order valence-electron chi connectivity index (χ1n) is 5.94. The molecule has 0 aromatic carbocycles. The minimum atomic E-state index is -3.21. The monoisotopic (exact) mass is 248 g/mol. The molecular formula is C10H20N2O3S. The molecule has 0 spiro atoms. The van der Waals surface area contributed by atoms with Gasteiger partial charge in [0, 0.05) is 25.3 Å². The summed E-state index contributed by atoms with van der Waals surface area (Å²) in [4.78, 5) is 0. The Bertz CT molecular complexity index is 325. The van der Waals surface area contributed by atoms with E-state index in [1.54, 1.807) is 0 Å². The van der Waals surface area contributed by atoms with Crippen molar-refractivity contribution in [1.29, 1.82) is 0 Å². The highest BCUT2D eigenvalue weighted by atomic mass is 32.2. The smallest absolute Gasteiger partial charge is 0.214 e. The van der Waals surface area contributed by atoms with Crippen LogP contribution in [0.1, 0.15) is 32.1 Å². The summed E-state index contributed by atoms with van der Waals surface area (Å²) >= 11 is 0. The van der Waals surface area contributed by atoms with Gasteiger partial charge in [0.1, 0.15) is 0 Å². The number of nitrogens with two attached hydrogens (primary N) is 1. The van der Waals surface area contributed by atoms with E-state index in [9.17, 15) is 8.42 Å². The molecule has 0 radical (unpaired) electrons. The summed E-state index contributed by atoms with van der Waals surface area (Å²) in [6, 6.07) is -0.0811. The molecule has 1 heterocycles. The molecule has 16 heavy (non-hydrogen) atoms. The van der Waals surface area contributed by atoms with Crippen molar-refractivity contribution >= 4 is 10.0 Å². The van der Waals surface area contributed by atoms with Gasteiger partial charge in [0.15, 0.2) is 0 Å². The van der Waals surface area contributed by atoms with Crippen LogP contribution >= 0.6 is 0 Å². The fourth-order valence-electron chi connectivity index (χ4n) is 2.43. The molecule has 2 fully saturated rings. The van der Waals surface area contributed by atoms with E-state index in [0.29, 0.717) is 26.1 Å². The Labute approximate surface area is 96.8 Å². The van der Waals surface area contributed by atoms with E-state index in [0.717, 1.165) is 19.3 Å². The summed E-state index contributed by atoms with van der Waals surface area (Å²) in [7, 11) is -3.21. The first kappa shape index (κ1) is 12.3. The van der Waals surface area contributed by atoms with Crippen LogP contribution < -0.4 is 10.5 Å². The van der Waals surface area contributed by atoms with E-state index in [2.05, 4.69) is 4.72 Å². The van der Waals surface area contributed by atoms with Crippen molar-refractivity contribution in [2.45, 2.75) is 49.4 Å². The zero-order chi connectivity index (χ0) is 11.6. The third kappa shape index (κ3) is 2.74. The molecular weight excluding hydrogens is 228 g/mol. The predicted octanol–water partition coefficient (Wildman–Crippen LogP) is -0.0354. The summed E-state index contributed by atoms with van der Waals surface area (Å²) in [5, 5.41) is -0.297. The van der Waals surface area contributed by atoms with Crippen molar-refractivity contribution in [1.82, 2.24) is 4.72 Å². The van der Waals surface area contributed by atoms with Gasteiger partial charge >= 0.3 is 0 Å². The average molecular weight is 248 g/mol. The molecule has 2 unspecified atom stereocenters. The third-order valence-corrected chi connectivity index (χ3v) is 5.47. The van der Waals surface area contributed by atoms with Crippen molar-refractivity contribution < 1.29 is 13.2 Å².